The van der Waals surface area contributed by atoms with E-state index in [0.717, 1.165) is 0 Å². The third-order valence-electron chi connectivity index (χ3n) is 3.04. The monoisotopic (exact) mass is 235 g/mol. The molecule has 1 saturated carbocycles. The third kappa shape index (κ3) is 2.48. The highest BCUT2D eigenvalue weighted by atomic mass is 35.5. The second-order valence-corrected chi connectivity index (χ2v) is 4.59. The Morgan fingerprint density at radius 1 is 1.38 bits per heavy atom. The van der Waals surface area contributed by atoms with Gasteiger partial charge < -0.3 is 4.74 Å². The summed E-state index contributed by atoms with van der Waals surface area (Å²) >= 11 is 5.92. The highest BCUT2D eigenvalue weighted by molar-refractivity contribution is 6.31. The summed E-state index contributed by atoms with van der Waals surface area (Å²) in [5, 5.41) is 9.44. The average molecular weight is 236 g/mol. The Bertz CT molecular complexity index is 405. The number of nitrogens with zero attached hydrogens (tertiary/aromatic N) is 1. The average Bonchev–Trinajstić information content (AvgIpc) is 2.79. The summed E-state index contributed by atoms with van der Waals surface area (Å²) in [5.74, 6) is 1.26. The molecule has 1 aliphatic carbocycles. The van der Waals surface area contributed by atoms with E-state index in [9.17, 15) is 0 Å². The van der Waals surface area contributed by atoms with Crippen molar-refractivity contribution < 1.29 is 4.74 Å². The maximum absolute atomic E-state index is 8.98. The number of benzene rings is 1. The van der Waals surface area contributed by atoms with Crippen LogP contribution in [0.5, 0.6) is 5.75 Å². The number of nitriles is 1. The lowest BCUT2D eigenvalue weighted by Gasteiger charge is -2.12. The molecule has 0 spiro atoms. The van der Waals surface area contributed by atoms with Gasteiger partial charge in [0.25, 0.3) is 0 Å². The molecule has 0 heterocycles. The van der Waals surface area contributed by atoms with Crippen molar-refractivity contribution in [1.82, 2.24) is 0 Å². The molecule has 3 heteroatoms. The van der Waals surface area contributed by atoms with Crippen molar-refractivity contribution in [2.24, 2.45) is 5.92 Å². The van der Waals surface area contributed by atoms with Crippen LogP contribution in [0.15, 0.2) is 18.2 Å². The van der Waals surface area contributed by atoms with Crippen LogP contribution in [0.1, 0.15) is 31.2 Å². The second-order valence-electron chi connectivity index (χ2n) is 4.19. The second kappa shape index (κ2) is 5.23. The van der Waals surface area contributed by atoms with Gasteiger partial charge in [-0.25, -0.2) is 0 Å². The molecule has 1 aromatic carbocycles. The summed E-state index contributed by atoms with van der Waals surface area (Å²) in [6, 6.07) is 7.41. The van der Waals surface area contributed by atoms with E-state index in [2.05, 4.69) is 6.07 Å². The minimum absolute atomic E-state index is 0.446. The highest BCUT2D eigenvalue weighted by Gasteiger charge is 2.16. The molecule has 0 aromatic heterocycles. The molecule has 0 unspecified atom stereocenters. The van der Waals surface area contributed by atoms with Crippen LogP contribution in [0, 0.1) is 17.2 Å². The van der Waals surface area contributed by atoms with Gasteiger partial charge in [0, 0.05) is 0 Å². The van der Waals surface area contributed by atoms with Crippen LogP contribution in [0.25, 0.3) is 0 Å². The van der Waals surface area contributed by atoms with Gasteiger partial charge >= 0.3 is 0 Å². The van der Waals surface area contributed by atoms with Crippen molar-refractivity contribution in [2.45, 2.75) is 25.7 Å². The zero-order valence-corrected chi connectivity index (χ0v) is 9.83. The lowest BCUT2D eigenvalue weighted by molar-refractivity contribution is 0.251. The number of halogens is 1. The molecule has 0 aliphatic heterocycles. The fraction of sp³-hybridized carbons (Fsp3) is 0.462. The molecular formula is C13H14ClNO. The molecule has 0 bridgehead atoms. The van der Waals surface area contributed by atoms with Crippen LogP contribution >= 0.6 is 11.6 Å². The number of ether oxygens (including phenoxy) is 1. The van der Waals surface area contributed by atoms with Crippen LogP contribution in [0.2, 0.25) is 5.02 Å². The van der Waals surface area contributed by atoms with Crippen molar-refractivity contribution >= 4 is 11.6 Å². The summed E-state index contributed by atoms with van der Waals surface area (Å²) < 4.78 is 5.69. The van der Waals surface area contributed by atoms with E-state index >= 15 is 0 Å². The van der Waals surface area contributed by atoms with E-state index in [4.69, 9.17) is 21.6 Å². The lowest BCUT2D eigenvalue weighted by atomic mass is 10.1. The topological polar surface area (TPSA) is 33.0 Å². The normalized spacial score (nSPS) is 16.0. The molecule has 0 saturated heterocycles. The number of hydrogen-bond acceptors (Lipinski definition) is 2. The Morgan fingerprint density at radius 3 is 2.81 bits per heavy atom. The lowest BCUT2D eigenvalue weighted by Crippen LogP contribution is -2.08. The zero-order chi connectivity index (χ0) is 11.4. The SMILES string of the molecule is N#Cc1c(Cl)cccc1OCC1CCCC1. The van der Waals surface area contributed by atoms with Crippen molar-refractivity contribution in [1.29, 1.82) is 5.26 Å². The minimum atomic E-state index is 0.446. The van der Waals surface area contributed by atoms with Gasteiger partial charge in [-0.2, -0.15) is 5.26 Å². The zero-order valence-electron chi connectivity index (χ0n) is 9.08. The number of rotatable bonds is 3. The van der Waals surface area contributed by atoms with Crippen LogP contribution < -0.4 is 4.74 Å². The minimum Gasteiger partial charge on any atom is -0.492 e. The van der Waals surface area contributed by atoms with Gasteiger partial charge in [-0.05, 0) is 30.9 Å². The summed E-state index contributed by atoms with van der Waals surface area (Å²) in [6.07, 6.45) is 5.08. The summed E-state index contributed by atoms with van der Waals surface area (Å²) in [7, 11) is 0. The Kier molecular flexibility index (Phi) is 3.69. The fourth-order valence-electron chi connectivity index (χ4n) is 2.12. The summed E-state index contributed by atoms with van der Waals surface area (Å²) in [4.78, 5) is 0. The van der Waals surface area contributed by atoms with Gasteiger partial charge in [0.1, 0.15) is 17.4 Å². The molecule has 16 heavy (non-hydrogen) atoms. The van der Waals surface area contributed by atoms with Crippen molar-refractivity contribution in [3.63, 3.8) is 0 Å². The van der Waals surface area contributed by atoms with Crippen LogP contribution in [-0.2, 0) is 0 Å². The summed E-state index contributed by atoms with van der Waals surface area (Å²) in [6.45, 7) is 0.703. The molecule has 1 aliphatic rings. The Morgan fingerprint density at radius 2 is 2.12 bits per heavy atom. The first kappa shape index (κ1) is 11.3. The molecule has 1 aromatic rings. The smallest absolute Gasteiger partial charge is 0.138 e. The van der Waals surface area contributed by atoms with Gasteiger partial charge in [-0.1, -0.05) is 30.5 Å². The van der Waals surface area contributed by atoms with E-state index in [1.165, 1.54) is 25.7 Å². The molecule has 2 nitrogen and oxygen atoms in total. The van der Waals surface area contributed by atoms with Crippen LogP contribution in [0.4, 0.5) is 0 Å². The van der Waals surface area contributed by atoms with Crippen LogP contribution in [0.3, 0.4) is 0 Å². The van der Waals surface area contributed by atoms with E-state index in [1.807, 2.05) is 6.07 Å². The van der Waals surface area contributed by atoms with E-state index < -0.39 is 0 Å². The van der Waals surface area contributed by atoms with Gasteiger partial charge in [-0.3, -0.25) is 0 Å². The molecule has 0 radical (unpaired) electrons. The largest absolute Gasteiger partial charge is 0.492 e. The van der Waals surface area contributed by atoms with E-state index in [0.29, 0.717) is 28.9 Å². The van der Waals surface area contributed by atoms with Crippen molar-refractivity contribution in [3.8, 4) is 11.8 Å². The quantitative estimate of drug-likeness (QED) is 0.799. The molecule has 0 N–H and O–H groups in total. The van der Waals surface area contributed by atoms with Gasteiger partial charge in [0.2, 0.25) is 0 Å². The predicted octanol–water partition coefficient (Wildman–Crippen LogP) is 3.78. The van der Waals surface area contributed by atoms with Crippen LogP contribution in [-0.4, -0.2) is 6.61 Å². The summed E-state index contributed by atoms with van der Waals surface area (Å²) in [5.41, 5.74) is 0.446. The molecule has 0 atom stereocenters. The first-order valence-electron chi connectivity index (χ1n) is 5.62. The predicted molar refractivity (Wildman–Crippen MR) is 63.6 cm³/mol. The Hall–Kier alpha value is -1.20. The van der Waals surface area contributed by atoms with Gasteiger partial charge in [0.05, 0.1) is 11.6 Å². The van der Waals surface area contributed by atoms with E-state index in [-0.39, 0.29) is 0 Å². The first-order chi connectivity index (χ1) is 7.81. The number of hydrogen-bond donors (Lipinski definition) is 0. The van der Waals surface area contributed by atoms with Crippen molar-refractivity contribution in [3.05, 3.63) is 28.8 Å². The molecule has 1 fully saturated rings. The standard InChI is InChI=1S/C13H14ClNO/c14-12-6-3-7-13(11(12)8-15)16-9-10-4-1-2-5-10/h3,6-7,10H,1-2,4-5,9H2. The van der Waals surface area contributed by atoms with Gasteiger partial charge in [0.15, 0.2) is 0 Å². The molecular weight excluding hydrogens is 222 g/mol. The maximum Gasteiger partial charge on any atom is 0.138 e. The highest BCUT2D eigenvalue weighted by Crippen LogP contribution is 2.29. The van der Waals surface area contributed by atoms with Gasteiger partial charge in [-0.15, -0.1) is 0 Å². The first-order valence-corrected chi connectivity index (χ1v) is 6.00. The Labute approximate surface area is 101 Å². The maximum atomic E-state index is 8.98. The molecule has 84 valence electrons. The van der Waals surface area contributed by atoms with E-state index in [1.54, 1.807) is 12.1 Å². The molecule has 2 rings (SSSR count). The fourth-order valence-corrected chi connectivity index (χ4v) is 2.33. The third-order valence-corrected chi connectivity index (χ3v) is 3.35. The van der Waals surface area contributed by atoms with Crippen molar-refractivity contribution in [2.75, 3.05) is 6.61 Å². The molecule has 0 amide bonds. The Balaban J connectivity index is 2.03.